The molecule has 0 aromatic rings. The zero-order valence-corrected chi connectivity index (χ0v) is 8.42. The van der Waals surface area contributed by atoms with Crippen molar-refractivity contribution < 1.29 is 42.0 Å². The van der Waals surface area contributed by atoms with Crippen LogP contribution in [0.1, 0.15) is 0 Å². The average molecular weight is 262 g/mol. The van der Waals surface area contributed by atoms with E-state index in [4.69, 9.17) is 19.9 Å². The van der Waals surface area contributed by atoms with Crippen molar-refractivity contribution in [3.05, 3.63) is 11.5 Å². The summed E-state index contributed by atoms with van der Waals surface area (Å²) in [5.74, 6) is -3.51. The molecule has 4 N–H and O–H groups in total. The van der Waals surface area contributed by atoms with Gasteiger partial charge in [-0.25, -0.2) is 4.79 Å². The van der Waals surface area contributed by atoms with Crippen LogP contribution >= 0.6 is 0 Å². The van der Waals surface area contributed by atoms with Crippen LogP contribution in [0.4, 0.5) is 0 Å². The topological polar surface area (TPSA) is 151 Å². The van der Waals surface area contributed by atoms with Crippen molar-refractivity contribution in [2.24, 2.45) is 0 Å². The van der Waals surface area contributed by atoms with Crippen molar-refractivity contribution in [1.82, 2.24) is 0 Å². The van der Waals surface area contributed by atoms with Gasteiger partial charge in [0, 0.05) is 0 Å². The smallest absolute Gasteiger partial charge is 0.446 e. The Hall–Kier alpha value is -1.36. The maximum absolute atomic E-state index is 10.8. The van der Waals surface area contributed by atoms with Gasteiger partial charge in [-0.1, -0.05) is 0 Å². The van der Waals surface area contributed by atoms with Crippen molar-refractivity contribution in [1.29, 1.82) is 0 Å². The van der Waals surface area contributed by atoms with Gasteiger partial charge in [0.05, 0.1) is 6.61 Å². The standard InChI is InChI=1S/C6H8O9S/c7-1-2(8)4-5(15-16(11,12)13)3(9)6(10)14-4/h2,4,7-9H,1H2,(H,11,12,13)/t2-,4?/m0/s1/i1+1,2+1,3+1,4+1,5+1,6+1. The van der Waals surface area contributed by atoms with Crippen LogP contribution in [0, 0.1) is 0 Å². The van der Waals surface area contributed by atoms with Crippen molar-refractivity contribution in [2.45, 2.75) is 12.2 Å². The highest BCUT2D eigenvalue weighted by atomic mass is 32.3. The fourth-order valence-corrected chi connectivity index (χ4v) is 1.41. The van der Waals surface area contributed by atoms with Crippen molar-refractivity contribution in [3.8, 4) is 0 Å². The maximum Gasteiger partial charge on any atom is 0.446 e. The lowest BCUT2D eigenvalue weighted by molar-refractivity contribution is -0.147. The summed E-state index contributed by atoms with van der Waals surface area (Å²) in [5.41, 5.74) is 0. The first-order valence-corrected chi connectivity index (χ1v) is 5.22. The van der Waals surface area contributed by atoms with E-state index in [9.17, 15) is 13.2 Å². The van der Waals surface area contributed by atoms with Gasteiger partial charge < -0.3 is 24.2 Å². The van der Waals surface area contributed by atoms with Crippen LogP contribution < -0.4 is 0 Å². The fourth-order valence-electron chi connectivity index (χ4n) is 1.01. The number of aliphatic hydroxyl groups excluding tert-OH is 3. The van der Waals surface area contributed by atoms with E-state index in [1.54, 1.807) is 0 Å². The Morgan fingerprint density at radius 1 is 1.50 bits per heavy atom. The van der Waals surface area contributed by atoms with E-state index in [1.165, 1.54) is 0 Å². The van der Waals surface area contributed by atoms with Gasteiger partial charge in [-0.2, -0.15) is 8.42 Å². The maximum atomic E-state index is 10.8. The van der Waals surface area contributed by atoms with Gasteiger partial charge in [0.15, 0.2) is 6.10 Å². The van der Waals surface area contributed by atoms with Crippen LogP contribution in [-0.2, 0) is 24.1 Å². The number of carbonyl (C=O) groups is 1. The van der Waals surface area contributed by atoms with Gasteiger partial charge in [-0.3, -0.25) is 4.55 Å². The minimum absolute atomic E-state index is 0.871. The minimum Gasteiger partial charge on any atom is -0.499 e. The second-order valence-electron chi connectivity index (χ2n) is 2.80. The number of aliphatic hydroxyl groups is 3. The Morgan fingerprint density at radius 3 is 2.50 bits per heavy atom. The van der Waals surface area contributed by atoms with Crippen LogP contribution in [-0.4, -0.2) is 53.1 Å². The zero-order chi connectivity index (χ0) is 12.5. The highest BCUT2D eigenvalue weighted by Crippen LogP contribution is 2.25. The van der Waals surface area contributed by atoms with Crippen LogP contribution in [0.5, 0.6) is 0 Å². The van der Waals surface area contributed by atoms with Gasteiger partial charge in [-0.15, -0.1) is 0 Å². The number of hydrogen-bond acceptors (Lipinski definition) is 8. The first-order chi connectivity index (χ1) is 7.26. The molecule has 1 rings (SSSR count). The first kappa shape index (κ1) is 12.7. The molecule has 1 heterocycles. The molecule has 16 heavy (non-hydrogen) atoms. The third-order valence-corrected chi connectivity index (χ3v) is 2.04. The Balaban J connectivity index is 3.03. The molecule has 0 aromatic heterocycles. The lowest BCUT2D eigenvalue weighted by atomic mass is 11.1. The van der Waals surface area contributed by atoms with Gasteiger partial charge in [-0.05, 0) is 0 Å². The third kappa shape index (κ3) is 2.61. The number of esters is 1. The average Bonchev–Trinajstić information content (AvgIpc) is 2.43. The third-order valence-electron chi connectivity index (χ3n) is 1.65. The van der Waals surface area contributed by atoms with Crippen molar-refractivity contribution >= 4 is 16.4 Å². The molecule has 0 amide bonds. The molecule has 0 fully saturated rings. The molecule has 92 valence electrons. The predicted molar refractivity (Wildman–Crippen MR) is 45.3 cm³/mol. The van der Waals surface area contributed by atoms with E-state index < -0.39 is 46.7 Å². The SMILES string of the molecule is O=[13C]1O[13CH]([13C@@H](O)[13CH2]O)[13C](OS(=O)(=O)O)=[13C]1O. The monoisotopic (exact) mass is 262 g/mol. The highest BCUT2D eigenvalue weighted by Gasteiger charge is 2.42. The Bertz CT molecular complexity index is 421. The van der Waals surface area contributed by atoms with Crippen LogP contribution in [0.3, 0.4) is 0 Å². The minimum atomic E-state index is -4.98. The van der Waals surface area contributed by atoms with E-state index in [2.05, 4.69) is 8.92 Å². The van der Waals surface area contributed by atoms with Gasteiger partial charge in [0.1, 0.15) is 6.10 Å². The quantitative estimate of drug-likeness (QED) is 0.252. The second-order valence-corrected chi connectivity index (χ2v) is 3.82. The van der Waals surface area contributed by atoms with Gasteiger partial charge in [0.2, 0.25) is 11.5 Å². The molecule has 0 aliphatic carbocycles. The van der Waals surface area contributed by atoms with E-state index >= 15 is 0 Å². The number of rotatable bonds is 4. The first-order valence-electron chi connectivity index (χ1n) is 3.86. The van der Waals surface area contributed by atoms with E-state index in [0.29, 0.717) is 0 Å². The molecule has 0 spiro atoms. The molecule has 0 saturated carbocycles. The van der Waals surface area contributed by atoms with Crippen molar-refractivity contribution in [3.63, 3.8) is 0 Å². The molecule has 1 aliphatic heterocycles. The zero-order valence-electron chi connectivity index (χ0n) is 7.60. The Morgan fingerprint density at radius 2 is 2.06 bits per heavy atom. The molecular formula is C6H8O9S. The number of ether oxygens (including phenoxy) is 1. The molecular weight excluding hydrogens is 254 g/mol. The predicted octanol–water partition coefficient (Wildman–Crippen LogP) is -2.15. The summed E-state index contributed by atoms with van der Waals surface area (Å²) in [5, 5.41) is 26.7. The molecule has 0 radical (unpaired) electrons. The molecule has 0 aromatic carbocycles. The molecule has 1 unspecified atom stereocenters. The van der Waals surface area contributed by atoms with E-state index in [1.807, 2.05) is 0 Å². The summed E-state index contributed by atoms with van der Waals surface area (Å²) in [6, 6.07) is 0. The summed E-state index contributed by atoms with van der Waals surface area (Å²) in [6.45, 7) is -0.871. The number of carbonyl (C=O) groups excluding carboxylic acids is 1. The molecule has 9 nitrogen and oxygen atoms in total. The molecule has 0 bridgehead atoms. The largest absolute Gasteiger partial charge is 0.499 e. The van der Waals surface area contributed by atoms with E-state index in [0.717, 1.165) is 0 Å². The summed E-state index contributed by atoms with van der Waals surface area (Å²) in [6.07, 6.45) is -3.38. The van der Waals surface area contributed by atoms with Crippen molar-refractivity contribution in [2.75, 3.05) is 6.61 Å². The van der Waals surface area contributed by atoms with Crippen LogP contribution in [0.25, 0.3) is 0 Å². The van der Waals surface area contributed by atoms with Gasteiger partial charge in [0.25, 0.3) is 0 Å². The lowest BCUT2D eigenvalue weighted by Crippen LogP contribution is -2.33. The highest BCUT2D eigenvalue weighted by molar-refractivity contribution is 7.81. The van der Waals surface area contributed by atoms with Gasteiger partial charge >= 0.3 is 16.4 Å². The molecule has 10 heteroatoms. The number of cyclic esters (lactones) is 1. The normalized spacial score (nSPS) is 23.2. The van der Waals surface area contributed by atoms with Crippen LogP contribution in [0.2, 0.25) is 0 Å². The summed E-state index contributed by atoms with van der Waals surface area (Å²) >= 11 is 0. The Kier molecular flexibility index (Phi) is 3.38. The second kappa shape index (κ2) is 4.25. The summed E-state index contributed by atoms with van der Waals surface area (Å²) in [7, 11) is -4.98. The number of hydrogen-bond donors (Lipinski definition) is 4. The molecule has 2 atom stereocenters. The Labute approximate surface area is 89.5 Å². The molecule has 0 saturated heterocycles. The summed E-state index contributed by atoms with van der Waals surface area (Å²) < 4.78 is 37.3. The fraction of sp³-hybridized carbons (Fsp3) is 0.500. The molecule has 1 aliphatic rings. The lowest BCUT2D eigenvalue weighted by Gasteiger charge is -2.16. The van der Waals surface area contributed by atoms with E-state index in [-0.39, 0.29) is 0 Å². The summed E-state index contributed by atoms with van der Waals surface area (Å²) in [4.78, 5) is 10.8. The van der Waals surface area contributed by atoms with Crippen LogP contribution in [0.15, 0.2) is 11.5 Å².